The Morgan fingerprint density at radius 3 is 2.30 bits per heavy atom. The van der Waals surface area contributed by atoms with Gasteiger partial charge in [0.15, 0.2) is 5.82 Å². The average Bonchev–Trinajstić information content (AvgIpc) is 3.18. The van der Waals surface area contributed by atoms with Gasteiger partial charge in [-0.05, 0) is 37.2 Å². The fraction of sp³-hybridized carbons (Fsp3) is 0.412. The number of rotatable bonds is 3. The molecule has 1 aliphatic rings. The maximum Gasteiger partial charge on any atom is 0.161 e. The van der Waals surface area contributed by atoms with Crippen LogP contribution in [0.5, 0.6) is 0 Å². The molecule has 1 saturated carbocycles. The molecule has 1 fully saturated rings. The van der Waals surface area contributed by atoms with Crippen LogP contribution in [0.3, 0.4) is 0 Å². The van der Waals surface area contributed by atoms with Gasteiger partial charge in [-0.2, -0.15) is 0 Å². The van der Waals surface area contributed by atoms with Crippen LogP contribution in [-0.4, -0.2) is 9.97 Å². The third-order valence-corrected chi connectivity index (χ3v) is 4.44. The highest BCUT2D eigenvalue weighted by molar-refractivity contribution is 5.59. The summed E-state index contributed by atoms with van der Waals surface area (Å²) in [4.78, 5) is 9.04. The molecule has 1 heterocycles. The van der Waals surface area contributed by atoms with Gasteiger partial charge in [-0.15, -0.1) is 0 Å². The minimum Gasteiger partial charge on any atom is -0.383 e. The minimum absolute atomic E-state index is 0.403. The van der Waals surface area contributed by atoms with E-state index in [0.717, 1.165) is 29.1 Å². The lowest BCUT2D eigenvalue weighted by Crippen LogP contribution is -2.05. The van der Waals surface area contributed by atoms with Crippen LogP contribution in [0.2, 0.25) is 0 Å². The van der Waals surface area contributed by atoms with E-state index in [4.69, 9.17) is 5.73 Å². The van der Waals surface area contributed by atoms with Crippen molar-refractivity contribution in [1.82, 2.24) is 9.97 Å². The van der Waals surface area contributed by atoms with E-state index in [1.54, 1.807) is 0 Å². The van der Waals surface area contributed by atoms with Crippen molar-refractivity contribution in [1.29, 1.82) is 0 Å². The lowest BCUT2D eigenvalue weighted by Gasteiger charge is -2.11. The Hall–Kier alpha value is -1.90. The second-order valence-electron chi connectivity index (χ2n) is 5.99. The lowest BCUT2D eigenvalue weighted by atomic mass is 9.97. The fourth-order valence-electron chi connectivity index (χ4n) is 2.68. The fourth-order valence-corrected chi connectivity index (χ4v) is 2.68. The van der Waals surface area contributed by atoms with Gasteiger partial charge < -0.3 is 5.73 Å². The summed E-state index contributed by atoms with van der Waals surface area (Å²) >= 11 is 0. The molecule has 0 radical (unpaired) electrons. The predicted octanol–water partition coefficient (Wildman–Crippen LogP) is 3.65. The molecule has 0 saturated heterocycles. The van der Waals surface area contributed by atoms with Gasteiger partial charge in [0.05, 0.1) is 0 Å². The van der Waals surface area contributed by atoms with E-state index in [2.05, 4.69) is 48.1 Å². The van der Waals surface area contributed by atoms with E-state index >= 15 is 0 Å². The average molecular weight is 267 g/mol. The van der Waals surface area contributed by atoms with Crippen molar-refractivity contribution in [2.45, 2.75) is 45.4 Å². The molecule has 3 nitrogen and oxygen atoms in total. The van der Waals surface area contributed by atoms with Crippen LogP contribution in [0, 0.1) is 6.92 Å². The van der Waals surface area contributed by atoms with Crippen molar-refractivity contribution in [2.24, 2.45) is 0 Å². The monoisotopic (exact) mass is 267 g/mol. The summed E-state index contributed by atoms with van der Waals surface area (Å²) < 4.78 is 0. The largest absolute Gasteiger partial charge is 0.383 e. The Balaban J connectivity index is 1.97. The number of aromatic nitrogens is 2. The smallest absolute Gasteiger partial charge is 0.161 e. The van der Waals surface area contributed by atoms with Crippen LogP contribution in [0.25, 0.3) is 11.4 Å². The molecule has 1 aliphatic carbocycles. The number of hydrogen-bond acceptors (Lipinski definition) is 3. The molecular weight excluding hydrogens is 246 g/mol. The first-order valence-corrected chi connectivity index (χ1v) is 7.27. The first kappa shape index (κ1) is 13.1. The molecule has 2 aromatic rings. The Kier molecular flexibility index (Phi) is 3.00. The van der Waals surface area contributed by atoms with Gasteiger partial charge in [-0.3, -0.25) is 0 Å². The molecular formula is C17H21N3. The van der Waals surface area contributed by atoms with Crippen LogP contribution in [0.4, 0.5) is 5.82 Å². The molecule has 1 aromatic heterocycles. The van der Waals surface area contributed by atoms with Gasteiger partial charge in [-0.1, -0.05) is 38.1 Å². The standard InChI is InChI=1S/C17H21N3/c1-4-14-11(2)19-16(20-15(14)18)12-5-7-13(8-6-12)17(3)9-10-17/h5-8H,4,9-10H2,1-3H3,(H2,18,19,20). The molecule has 0 amide bonds. The first-order chi connectivity index (χ1) is 9.53. The van der Waals surface area contributed by atoms with Gasteiger partial charge in [0, 0.05) is 16.8 Å². The number of aryl methyl sites for hydroxylation is 1. The lowest BCUT2D eigenvalue weighted by molar-refractivity contribution is 0.788. The first-order valence-electron chi connectivity index (χ1n) is 7.27. The van der Waals surface area contributed by atoms with Gasteiger partial charge in [0.2, 0.25) is 0 Å². The van der Waals surface area contributed by atoms with E-state index in [1.165, 1.54) is 18.4 Å². The number of hydrogen-bond donors (Lipinski definition) is 1. The Bertz CT molecular complexity index is 617. The van der Waals surface area contributed by atoms with Crippen molar-refractivity contribution >= 4 is 5.82 Å². The number of benzene rings is 1. The van der Waals surface area contributed by atoms with Crippen LogP contribution >= 0.6 is 0 Å². The Morgan fingerprint density at radius 2 is 1.80 bits per heavy atom. The summed E-state index contributed by atoms with van der Waals surface area (Å²) in [7, 11) is 0. The highest BCUT2D eigenvalue weighted by Gasteiger charge is 2.38. The number of anilines is 1. The quantitative estimate of drug-likeness (QED) is 0.923. The van der Waals surface area contributed by atoms with Crippen LogP contribution < -0.4 is 5.73 Å². The molecule has 0 unspecified atom stereocenters. The van der Waals surface area contributed by atoms with Crippen LogP contribution in [0.15, 0.2) is 24.3 Å². The number of nitrogens with two attached hydrogens (primary N) is 1. The van der Waals surface area contributed by atoms with Crippen molar-refractivity contribution < 1.29 is 0 Å². The Labute approximate surface area is 120 Å². The predicted molar refractivity (Wildman–Crippen MR) is 82.6 cm³/mol. The summed E-state index contributed by atoms with van der Waals surface area (Å²) in [5.74, 6) is 1.33. The highest BCUT2D eigenvalue weighted by atomic mass is 15.0. The second kappa shape index (κ2) is 4.58. The summed E-state index contributed by atoms with van der Waals surface area (Å²) in [6, 6.07) is 8.62. The van der Waals surface area contributed by atoms with E-state index < -0.39 is 0 Å². The van der Waals surface area contributed by atoms with Gasteiger partial charge >= 0.3 is 0 Å². The van der Waals surface area contributed by atoms with E-state index in [0.29, 0.717) is 11.2 Å². The Morgan fingerprint density at radius 1 is 1.15 bits per heavy atom. The molecule has 20 heavy (non-hydrogen) atoms. The van der Waals surface area contributed by atoms with Crippen molar-refractivity contribution in [3.63, 3.8) is 0 Å². The minimum atomic E-state index is 0.403. The van der Waals surface area contributed by atoms with Gasteiger partial charge in [0.1, 0.15) is 5.82 Å². The molecule has 0 bridgehead atoms. The van der Waals surface area contributed by atoms with Gasteiger partial charge in [-0.25, -0.2) is 9.97 Å². The third-order valence-electron chi connectivity index (χ3n) is 4.44. The maximum absolute atomic E-state index is 6.03. The zero-order chi connectivity index (χ0) is 14.3. The second-order valence-corrected chi connectivity index (χ2v) is 5.99. The summed E-state index contributed by atoms with van der Waals surface area (Å²) in [6.45, 7) is 6.39. The zero-order valence-corrected chi connectivity index (χ0v) is 12.4. The van der Waals surface area contributed by atoms with E-state index in [1.807, 2.05) is 6.92 Å². The third kappa shape index (κ3) is 2.17. The topological polar surface area (TPSA) is 51.8 Å². The van der Waals surface area contributed by atoms with Crippen molar-refractivity contribution in [3.8, 4) is 11.4 Å². The van der Waals surface area contributed by atoms with Crippen LogP contribution in [0.1, 0.15) is 43.5 Å². The molecule has 3 heteroatoms. The molecule has 1 aromatic carbocycles. The maximum atomic E-state index is 6.03. The molecule has 104 valence electrons. The number of nitrogens with zero attached hydrogens (tertiary/aromatic N) is 2. The van der Waals surface area contributed by atoms with Gasteiger partial charge in [0.25, 0.3) is 0 Å². The normalized spacial score (nSPS) is 16.1. The van der Waals surface area contributed by atoms with Crippen molar-refractivity contribution in [3.05, 3.63) is 41.1 Å². The van der Waals surface area contributed by atoms with Crippen molar-refractivity contribution in [2.75, 3.05) is 5.73 Å². The number of nitrogen functional groups attached to an aromatic ring is 1. The van der Waals surface area contributed by atoms with E-state index in [-0.39, 0.29) is 0 Å². The molecule has 0 spiro atoms. The van der Waals surface area contributed by atoms with Crippen LogP contribution in [-0.2, 0) is 11.8 Å². The molecule has 2 N–H and O–H groups in total. The highest BCUT2D eigenvalue weighted by Crippen LogP contribution is 2.47. The summed E-state index contributed by atoms with van der Waals surface area (Å²) in [6.07, 6.45) is 3.45. The SMILES string of the molecule is CCc1c(C)nc(-c2ccc(C3(C)CC3)cc2)nc1N. The molecule has 0 aliphatic heterocycles. The summed E-state index contributed by atoms with van der Waals surface area (Å²) in [5.41, 5.74) is 10.9. The molecule has 0 atom stereocenters. The molecule has 3 rings (SSSR count). The summed E-state index contributed by atoms with van der Waals surface area (Å²) in [5, 5.41) is 0. The zero-order valence-electron chi connectivity index (χ0n) is 12.4. The van der Waals surface area contributed by atoms with E-state index in [9.17, 15) is 0 Å².